The Morgan fingerprint density at radius 3 is 2.81 bits per heavy atom. The number of rotatable bonds is 4. The van der Waals surface area contributed by atoms with E-state index in [1.165, 1.54) is 0 Å². The summed E-state index contributed by atoms with van der Waals surface area (Å²) in [7, 11) is 1.77. The minimum Gasteiger partial charge on any atom is -0.383 e. The van der Waals surface area contributed by atoms with Gasteiger partial charge in [-0.3, -0.25) is 4.68 Å². The van der Waals surface area contributed by atoms with Gasteiger partial charge in [0.15, 0.2) is 0 Å². The first-order valence-corrected chi connectivity index (χ1v) is 5.19. The lowest BCUT2D eigenvalue weighted by Gasteiger charge is -2.22. The van der Waals surface area contributed by atoms with Crippen LogP contribution in [-0.2, 0) is 12.6 Å². The Balaban J connectivity index is 2.55. The molecule has 0 bridgehead atoms. The first-order valence-electron chi connectivity index (χ1n) is 5.19. The Kier molecular flexibility index (Phi) is 3.89. The number of nitrogens with zero attached hydrogens (tertiary/aromatic N) is 2. The first kappa shape index (κ1) is 12.5. The summed E-state index contributed by atoms with van der Waals surface area (Å²) in [5.74, 6) is 0. The van der Waals surface area contributed by atoms with E-state index in [0.717, 1.165) is 0 Å². The van der Waals surface area contributed by atoms with Crippen molar-refractivity contribution in [2.75, 3.05) is 13.1 Å². The average Bonchev–Trinajstić information content (AvgIpc) is 2.63. The number of carbonyl (C=O) groups excluding carboxylic acids is 1. The van der Waals surface area contributed by atoms with Gasteiger partial charge in [-0.2, -0.15) is 5.10 Å². The summed E-state index contributed by atoms with van der Waals surface area (Å²) in [6, 6.07) is -0.285. The minimum absolute atomic E-state index is 0.143. The van der Waals surface area contributed by atoms with Crippen LogP contribution in [-0.4, -0.2) is 34.0 Å². The highest BCUT2D eigenvalue weighted by atomic mass is 16.3. The molecular weight excluding hydrogens is 208 g/mol. The molecule has 6 nitrogen and oxygen atoms in total. The molecule has 0 aliphatic carbocycles. The molecule has 1 atom stereocenters. The number of hydrogen-bond donors (Lipinski definition) is 3. The van der Waals surface area contributed by atoms with Gasteiger partial charge in [0.25, 0.3) is 0 Å². The summed E-state index contributed by atoms with van der Waals surface area (Å²) in [4.78, 5) is 11.2. The molecule has 0 saturated heterocycles. The monoisotopic (exact) mass is 226 g/mol. The number of nitrogens with one attached hydrogen (secondary N) is 2. The molecule has 0 radical (unpaired) electrons. The van der Waals surface area contributed by atoms with Gasteiger partial charge in [0.05, 0.1) is 12.7 Å². The van der Waals surface area contributed by atoms with Gasteiger partial charge in [-0.15, -0.1) is 0 Å². The zero-order valence-electron chi connectivity index (χ0n) is 9.82. The Bertz CT molecular complexity index is 359. The lowest BCUT2D eigenvalue weighted by molar-refractivity contribution is 0.0593. The van der Waals surface area contributed by atoms with E-state index in [0.29, 0.717) is 12.1 Å². The van der Waals surface area contributed by atoms with Crippen LogP contribution >= 0.6 is 0 Å². The molecule has 90 valence electrons. The van der Waals surface area contributed by atoms with E-state index < -0.39 is 5.60 Å². The van der Waals surface area contributed by atoms with E-state index >= 15 is 0 Å². The molecule has 16 heavy (non-hydrogen) atoms. The van der Waals surface area contributed by atoms with Crippen molar-refractivity contribution in [3.8, 4) is 0 Å². The van der Waals surface area contributed by atoms with Crippen LogP contribution in [0.5, 0.6) is 0 Å². The van der Waals surface area contributed by atoms with Gasteiger partial charge in [0.1, 0.15) is 5.60 Å². The summed E-state index contributed by atoms with van der Waals surface area (Å²) in [6.45, 7) is 4.17. The molecule has 1 rings (SSSR count). The molecule has 0 aliphatic heterocycles. The molecule has 1 heterocycles. The zero-order valence-corrected chi connectivity index (χ0v) is 9.82. The second kappa shape index (κ2) is 4.98. The molecule has 0 aromatic carbocycles. The number of urea groups is 1. The average molecular weight is 226 g/mol. The molecule has 0 aliphatic rings. The molecule has 1 unspecified atom stereocenters. The SMILES string of the molecule is CCNC(=O)NCC(C)(O)c1cnn(C)c1. The molecule has 2 amide bonds. The maximum Gasteiger partial charge on any atom is 0.314 e. The van der Waals surface area contributed by atoms with E-state index in [9.17, 15) is 9.90 Å². The van der Waals surface area contributed by atoms with E-state index in [1.807, 2.05) is 6.92 Å². The molecule has 1 aromatic rings. The highest BCUT2D eigenvalue weighted by Crippen LogP contribution is 2.18. The van der Waals surface area contributed by atoms with Crippen LogP contribution in [0.4, 0.5) is 4.79 Å². The Morgan fingerprint density at radius 1 is 1.62 bits per heavy atom. The van der Waals surface area contributed by atoms with E-state index in [1.54, 1.807) is 31.0 Å². The standard InChI is InChI=1S/C10H18N4O2/c1-4-11-9(15)12-7-10(2,16)8-5-13-14(3)6-8/h5-6,16H,4,7H2,1-3H3,(H2,11,12,15). The lowest BCUT2D eigenvalue weighted by atomic mass is 10.00. The number of hydrogen-bond acceptors (Lipinski definition) is 3. The fourth-order valence-corrected chi connectivity index (χ4v) is 1.28. The quantitative estimate of drug-likeness (QED) is 0.673. The van der Waals surface area contributed by atoms with Crippen molar-refractivity contribution in [3.05, 3.63) is 18.0 Å². The normalized spacial score (nSPS) is 14.2. The largest absolute Gasteiger partial charge is 0.383 e. The summed E-state index contributed by atoms with van der Waals surface area (Å²) in [5, 5.41) is 19.3. The number of carbonyl (C=O) groups is 1. The number of amides is 2. The third kappa shape index (κ3) is 3.23. The second-order valence-electron chi connectivity index (χ2n) is 3.89. The smallest absolute Gasteiger partial charge is 0.314 e. The van der Waals surface area contributed by atoms with Gasteiger partial charge < -0.3 is 15.7 Å². The topological polar surface area (TPSA) is 79.2 Å². The van der Waals surface area contributed by atoms with E-state index in [2.05, 4.69) is 15.7 Å². The summed E-state index contributed by atoms with van der Waals surface area (Å²) >= 11 is 0. The third-order valence-electron chi connectivity index (χ3n) is 2.26. The van der Waals surface area contributed by atoms with Gasteiger partial charge in [-0.1, -0.05) is 0 Å². The Hall–Kier alpha value is -1.56. The molecule has 0 spiro atoms. The maximum absolute atomic E-state index is 11.2. The number of aromatic nitrogens is 2. The fraction of sp³-hybridized carbons (Fsp3) is 0.600. The Morgan fingerprint density at radius 2 is 2.31 bits per heavy atom. The third-order valence-corrected chi connectivity index (χ3v) is 2.26. The molecular formula is C10H18N4O2. The molecule has 0 fully saturated rings. The van der Waals surface area contributed by atoms with E-state index in [4.69, 9.17) is 0 Å². The molecule has 1 aromatic heterocycles. The van der Waals surface area contributed by atoms with Crippen LogP contribution in [0.1, 0.15) is 19.4 Å². The summed E-state index contributed by atoms with van der Waals surface area (Å²) in [5.41, 5.74) is -0.439. The van der Waals surface area contributed by atoms with Crippen LogP contribution in [0.2, 0.25) is 0 Å². The molecule has 0 saturated carbocycles. The summed E-state index contributed by atoms with van der Waals surface area (Å²) < 4.78 is 1.61. The van der Waals surface area contributed by atoms with Gasteiger partial charge in [-0.05, 0) is 13.8 Å². The van der Waals surface area contributed by atoms with Crippen molar-refractivity contribution < 1.29 is 9.90 Å². The second-order valence-corrected chi connectivity index (χ2v) is 3.89. The van der Waals surface area contributed by atoms with Crippen LogP contribution in [0.25, 0.3) is 0 Å². The molecule has 6 heteroatoms. The van der Waals surface area contributed by atoms with Crippen LogP contribution in [0.15, 0.2) is 12.4 Å². The fourth-order valence-electron chi connectivity index (χ4n) is 1.28. The van der Waals surface area contributed by atoms with Gasteiger partial charge >= 0.3 is 6.03 Å². The van der Waals surface area contributed by atoms with Crippen molar-refractivity contribution in [1.29, 1.82) is 0 Å². The molecule has 3 N–H and O–H groups in total. The Labute approximate surface area is 94.6 Å². The number of aliphatic hydroxyl groups is 1. The van der Waals surface area contributed by atoms with Crippen molar-refractivity contribution in [2.24, 2.45) is 7.05 Å². The highest BCUT2D eigenvalue weighted by molar-refractivity contribution is 5.73. The predicted molar refractivity (Wildman–Crippen MR) is 59.9 cm³/mol. The van der Waals surface area contributed by atoms with Crippen molar-refractivity contribution in [2.45, 2.75) is 19.4 Å². The number of aryl methyl sites for hydroxylation is 1. The maximum atomic E-state index is 11.2. The van der Waals surface area contributed by atoms with Crippen molar-refractivity contribution in [1.82, 2.24) is 20.4 Å². The van der Waals surface area contributed by atoms with Crippen LogP contribution in [0.3, 0.4) is 0 Å². The highest BCUT2D eigenvalue weighted by Gasteiger charge is 2.25. The summed E-state index contributed by atoms with van der Waals surface area (Å²) in [6.07, 6.45) is 3.30. The van der Waals surface area contributed by atoms with Crippen LogP contribution in [0, 0.1) is 0 Å². The van der Waals surface area contributed by atoms with E-state index in [-0.39, 0.29) is 12.6 Å². The minimum atomic E-state index is -1.11. The predicted octanol–water partition coefficient (Wildman–Crippen LogP) is -0.0533. The van der Waals surface area contributed by atoms with Gasteiger partial charge in [-0.25, -0.2) is 4.79 Å². The van der Waals surface area contributed by atoms with Gasteiger partial charge in [0, 0.05) is 25.4 Å². The van der Waals surface area contributed by atoms with Gasteiger partial charge in [0.2, 0.25) is 0 Å². The first-order chi connectivity index (χ1) is 7.45. The van der Waals surface area contributed by atoms with Crippen molar-refractivity contribution in [3.63, 3.8) is 0 Å². The lowest BCUT2D eigenvalue weighted by Crippen LogP contribution is -2.43. The zero-order chi connectivity index (χ0) is 12.2. The van der Waals surface area contributed by atoms with Crippen molar-refractivity contribution >= 4 is 6.03 Å². The van der Waals surface area contributed by atoms with Crippen LogP contribution < -0.4 is 10.6 Å².